The molecule has 2 aromatic rings. The van der Waals surface area contributed by atoms with E-state index in [2.05, 4.69) is 28.8 Å². The molecule has 1 saturated heterocycles. The van der Waals surface area contributed by atoms with Gasteiger partial charge in [-0.3, -0.25) is 4.98 Å². The second-order valence-corrected chi connectivity index (χ2v) is 4.40. The van der Waals surface area contributed by atoms with Gasteiger partial charge in [-0.1, -0.05) is 13.8 Å². The summed E-state index contributed by atoms with van der Waals surface area (Å²) in [5, 5.41) is 1.21. The van der Waals surface area contributed by atoms with Crippen molar-refractivity contribution in [3.63, 3.8) is 0 Å². The molecule has 3 nitrogen and oxygen atoms in total. The third kappa shape index (κ3) is 4.15. The van der Waals surface area contributed by atoms with E-state index >= 15 is 0 Å². The van der Waals surface area contributed by atoms with Crippen LogP contribution in [0.5, 0.6) is 0 Å². The van der Waals surface area contributed by atoms with Gasteiger partial charge in [0, 0.05) is 29.5 Å². The van der Waals surface area contributed by atoms with Crippen LogP contribution in [0.3, 0.4) is 0 Å². The third-order valence-corrected chi connectivity index (χ3v) is 3.02. The fourth-order valence-corrected chi connectivity index (χ4v) is 1.97. The van der Waals surface area contributed by atoms with Crippen molar-refractivity contribution in [1.29, 1.82) is 0 Å². The minimum Gasteiger partial charge on any atom is -0.361 e. The highest BCUT2D eigenvalue weighted by Gasteiger charge is 2.03. The summed E-state index contributed by atoms with van der Waals surface area (Å²) >= 11 is 0. The Bertz CT molecular complexity index is 442. The van der Waals surface area contributed by atoms with Crippen molar-refractivity contribution in [3.8, 4) is 0 Å². The molecule has 0 spiro atoms. The lowest BCUT2D eigenvalue weighted by atomic mass is 10.2. The highest BCUT2D eigenvalue weighted by atomic mass is 15.1. The lowest BCUT2D eigenvalue weighted by molar-refractivity contribution is 0.418. The van der Waals surface area contributed by atoms with Crippen molar-refractivity contribution < 1.29 is 0 Å². The van der Waals surface area contributed by atoms with Crippen LogP contribution in [0.2, 0.25) is 0 Å². The molecule has 1 fully saturated rings. The minimum atomic E-state index is 1.16. The zero-order valence-corrected chi connectivity index (χ0v) is 12.0. The van der Waals surface area contributed by atoms with Crippen LogP contribution in [0.15, 0.2) is 24.7 Å². The minimum absolute atomic E-state index is 1.16. The Hall–Kier alpha value is -1.35. The van der Waals surface area contributed by atoms with E-state index in [0.717, 1.165) is 5.52 Å². The number of H-pyrrole nitrogens is 1. The first kappa shape index (κ1) is 14.7. The fraction of sp³-hybridized carbons (Fsp3) is 0.533. The van der Waals surface area contributed by atoms with Crippen molar-refractivity contribution >= 4 is 10.9 Å². The Morgan fingerprint density at radius 1 is 1.22 bits per heavy atom. The number of pyridine rings is 1. The lowest BCUT2D eigenvalue weighted by Gasteiger charge is -2.01. The van der Waals surface area contributed by atoms with E-state index in [1.807, 2.05) is 32.3 Å². The maximum absolute atomic E-state index is 4.03. The summed E-state index contributed by atoms with van der Waals surface area (Å²) in [6.45, 7) is 8.71. The van der Waals surface area contributed by atoms with Gasteiger partial charge in [0.05, 0.1) is 0 Å². The van der Waals surface area contributed by atoms with Gasteiger partial charge in [0.25, 0.3) is 0 Å². The maximum Gasteiger partial charge on any atom is 0.0487 e. The molecule has 0 radical (unpaired) electrons. The Kier molecular flexibility index (Phi) is 6.44. The van der Waals surface area contributed by atoms with Crippen molar-refractivity contribution in [2.45, 2.75) is 33.6 Å². The van der Waals surface area contributed by atoms with Gasteiger partial charge in [0.15, 0.2) is 0 Å². The van der Waals surface area contributed by atoms with Crippen LogP contribution in [-0.2, 0) is 0 Å². The van der Waals surface area contributed by atoms with Crippen LogP contribution < -0.4 is 0 Å². The quantitative estimate of drug-likeness (QED) is 0.771. The second kappa shape index (κ2) is 7.88. The number of nitrogens with zero attached hydrogens (tertiary/aromatic N) is 2. The number of fused-ring (bicyclic) bond motifs is 1. The van der Waals surface area contributed by atoms with Crippen molar-refractivity contribution in [3.05, 3.63) is 30.2 Å². The highest BCUT2D eigenvalue weighted by molar-refractivity contribution is 5.81. The molecule has 0 aromatic carbocycles. The van der Waals surface area contributed by atoms with Gasteiger partial charge in [0.1, 0.15) is 0 Å². The van der Waals surface area contributed by atoms with E-state index in [0.29, 0.717) is 0 Å². The standard InChI is InChI=1S/C8H8N2.C5H11N.C2H6/c1-6-4-10-8-2-3-9-5-7(6)8;1-6-4-2-3-5-6;1-2/h2-5,10H,1H3;2-5H2,1H3;1-2H3. The first-order valence-electron chi connectivity index (χ1n) is 6.83. The van der Waals surface area contributed by atoms with Crippen LogP contribution in [0.25, 0.3) is 10.9 Å². The maximum atomic E-state index is 4.03. The molecule has 100 valence electrons. The van der Waals surface area contributed by atoms with Crippen LogP contribution in [0.1, 0.15) is 32.3 Å². The normalized spacial score (nSPS) is 14.7. The molecular weight excluding hydrogens is 222 g/mol. The third-order valence-electron chi connectivity index (χ3n) is 3.02. The number of hydrogen-bond acceptors (Lipinski definition) is 2. The zero-order chi connectivity index (χ0) is 13.4. The molecule has 0 atom stereocenters. The molecule has 3 heteroatoms. The molecule has 3 rings (SSSR count). The van der Waals surface area contributed by atoms with Crippen LogP contribution in [-0.4, -0.2) is 35.0 Å². The molecule has 1 aliphatic rings. The van der Waals surface area contributed by atoms with E-state index in [1.54, 1.807) is 6.20 Å². The molecular formula is C15H25N3. The second-order valence-electron chi connectivity index (χ2n) is 4.40. The van der Waals surface area contributed by atoms with Gasteiger partial charge in [0.2, 0.25) is 0 Å². The summed E-state index contributed by atoms with van der Waals surface area (Å²) < 4.78 is 0. The molecule has 3 heterocycles. The molecule has 0 saturated carbocycles. The smallest absolute Gasteiger partial charge is 0.0487 e. The predicted octanol–water partition coefficient (Wildman–Crippen LogP) is 3.61. The average molecular weight is 247 g/mol. The van der Waals surface area contributed by atoms with E-state index in [4.69, 9.17) is 0 Å². The van der Waals surface area contributed by atoms with E-state index in [-0.39, 0.29) is 0 Å². The SMILES string of the molecule is CC.CN1CCCC1.Cc1c[nH]c2ccncc12. The van der Waals surface area contributed by atoms with Crippen molar-refractivity contribution in [2.24, 2.45) is 0 Å². The number of rotatable bonds is 0. The largest absolute Gasteiger partial charge is 0.361 e. The fourth-order valence-electron chi connectivity index (χ4n) is 1.97. The van der Waals surface area contributed by atoms with Gasteiger partial charge in [-0.15, -0.1) is 0 Å². The molecule has 2 aromatic heterocycles. The Balaban J connectivity index is 0.000000174. The summed E-state index contributed by atoms with van der Waals surface area (Å²) in [6.07, 6.45) is 8.48. The van der Waals surface area contributed by atoms with E-state index in [9.17, 15) is 0 Å². The lowest BCUT2D eigenvalue weighted by Crippen LogP contribution is -2.10. The Labute approximate surface area is 110 Å². The molecule has 0 amide bonds. The predicted molar refractivity (Wildman–Crippen MR) is 78.9 cm³/mol. The van der Waals surface area contributed by atoms with Gasteiger partial charge >= 0.3 is 0 Å². The van der Waals surface area contributed by atoms with E-state index < -0.39 is 0 Å². The van der Waals surface area contributed by atoms with Crippen LogP contribution >= 0.6 is 0 Å². The highest BCUT2D eigenvalue weighted by Crippen LogP contribution is 2.14. The van der Waals surface area contributed by atoms with Gasteiger partial charge in [-0.2, -0.15) is 0 Å². The summed E-state index contributed by atoms with van der Waals surface area (Å²) in [4.78, 5) is 9.53. The summed E-state index contributed by atoms with van der Waals surface area (Å²) in [5.41, 5.74) is 2.41. The Morgan fingerprint density at radius 2 is 1.89 bits per heavy atom. The molecule has 1 aliphatic heterocycles. The van der Waals surface area contributed by atoms with Crippen molar-refractivity contribution in [1.82, 2.24) is 14.9 Å². The van der Waals surface area contributed by atoms with Crippen molar-refractivity contribution in [2.75, 3.05) is 20.1 Å². The zero-order valence-electron chi connectivity index (χ0n) is 12.0. The summed E-state index contributed by atoms with van der Waals surface area (Å²) in [5.74, 6) is 0. The first-order valence-corrected chi connectivity index (χ1v) is 6.83. The summed E-state index contributed by atoms with van der Waals surface area (Å²) in [6, 6.07) is 1.97. The van der Waals surface area contributed by atoms with Gasteiger partial charge in [-0.05, 0) is 51.5 Å². The summed E-state index contributed by atoms with van der Waals surface area (Å²) in [7, 11) is 2.17. The van der Waals surface area contributed by atoms with E-state index in [1.165, 1.54) is 36.9 Å². The number of aromatic amines is 1. The molecule has 18 heavy (non-hydrogen) atoms. The molecule has 0 unspecified atom stereocenters. The Morgan fingerprint density at radius 3 is 2.39 bits per heavy atom. The number of nitrogens with one attached hydrogen (secondary N) is 1. The van der Waals surface area contributed by atoms with Crippen LogP contribution in [0.4, 0.5) is 0 Å². The van der Waals surface area contributed by atoms with Gasteiger partial charge < -0.3 is 9.88 Å². The number of hydrogen-bond donors (Lipinski definition) is 1. The van der Waals surface area contributed by atoms with Gasteiger partial charge in [-0.25, -0.2) is 0 Å². The number of aryl methyl sites for hydroxylation is 1. The topological polar surface area (TPSA) is 31.9 Å². The number of likely N-dealkylation sites (tertiary alicyclic amines) is 1. The first-order chi connectivity index (χ1) is 8.77. The molecule has 0 bridgehead atoms. The average Bonchev–Trinajstić information content (AvgIpc) is 3.03. The van der Waals surface area contributed by atoms with Crippen LogP contribution in [0, 0.1) is 6.92 Å². The monoisotopic (exact) mass is 247 g/mol. The number of aromatic nitrogens is 2. The molecule has 1 N–H and O–H groups in total. The molecule has 0 aliphatic carbocycles.